The van der Waals surface area contributed by atoms with Crippen molar-refractivity contribution in [3.05, 3.63) is 34.9 Å². The molecule has 0 radical (unpaired) electrons. The van der Waals surface area contributed by atoms with Crippen LogP contribution in [0.4, 0.5) is 4.79 Å². The zero-order chi connectivity index (χ0) is 19.4. The van der Waals surface area contributed by atoms with E-state index in [9.17, 15) is 14.4 Å². The molecule has 0 aromatic heterocycles. The van der Waals surface area contributed by atoms with Crippen molar-refractivity contribution in [3.63, 3.8) is 0 Å². The number of carbonyl (C=O) groups excluding carboxylic acids is 3. The third-order valence-electron chi connectivity index (χ3n) is 5.57. The van der Waals surface area contributed by atoms with Crippen LogP contribution in [-0.4, -0.2) is 35.3 Å². The van der Waals surface area contributed by atoms with Crippen molar-refractivity contribution in [1.29, 1.82) is 0 Å². The van der Waals surface area contributed by atoms with Gasteiger partial charge in [-0.05, 0) is 37.0 Å². The maximum atomic E-state index is 13.1. The number of rotatable bonds is 5. The molecule has 7 heteroatoms. The zero-order valence-electron chi connectivity index (χ0n) is 15.6. The molecule has 1 aliphatic carbocycles. The lowest BCUT2D eigenvalue weighted by Gasteiger charge is -2.26. The van der Waals surface area contributed by atoms with Crippen molar-refractivity contribution in [3.8, 4) is 0 Å². The lowest BCUT2D eigenvalue weighted by atomic mass is 9.87. The number of benzene rings is 1. The van der Waals surface area contributed by atoms with Crippen molar-refractivity contribution >= 4 is 29.4 Å². The lowest BCUT2D eigenvalue weighted by molar-refractivity contribution is -0.135. The monoisotopic (exact) mass is 391 g/mol. The number of urea groups is 1. The average Bonchev–Trinajstić information content (AvgIpc) is 2.83. The van der Waals surface area contributed by atoms with Crippen molar-refractivity contribution in [1.82, 2.24) is 15.5 Å². The predicted molar refractivity (Wildman–Crippen MR) is 103 cm³/mol. The number of hydrogen-bond acceptors (Lipinski definition) is 3. The molecule has 1 heterocycles. The second kappa shape index (κ2) is 8.30. The van der Waals surface area contributed by atoms with E-state index in [4.69, 9.17) is 11.6 Å². The van der Waals surface area contributed by atoms with Gasteiger partial charge < -0.3 is 10.6 Å². The normalized spacial score (nSPS) is 23.9. The molecule has 3 rings (SSSR count). The fraction of sp³-hybridized carbons (Fsp3) is 0.550. The van der Waals surface area contributed by atoms with Gasteiger partial charge in [0.2, 0.25) is 5.91 Å². The van der Waals surface area contributed by atoms with Crippen molar-refractivity contribution in [2.45, 2.75) is 63.5 Å². The van der Waals surface area contributed by atoms with Gasteiger partial charge in [-0.3, -0.25) is 14.5 Å². The maximum absolute atomic E-state index is 13.1. The van der Waals surface area contributed by atoms with E-state index in [0.717, 1.165) is 30.6 Å². The fourth-order valence-corrected chi connectivity index (χ4v) is 4.11. The Bertz CT molecular complexity index is 714. The average molecular weight is 392 g/mol. The molecule has 0 unspecified atom stereocenters. The molecule has 4 amide bonds. The molecule has 0 spiro atoms. The third-order valence-corrected chi connectivity index (χ3v) is 5.82. The number of imide groups is 1. The lowest BCUT2D eigenvalue weighted by Crippen LogP contribution is -2.46. The molecule has 27 heavy (non-hydrogen) atoms. The van der Waals surface area contributed by atoms with Gasteiger partial charge in [-0.2, -0.15) is 0 Å². The van der Waals surface area contributed by atoms with Gasteiger partial charge in [0.15, 0.2) is 0 Å². The first kappa shape index (κ1) is 19.7. The summed E-state index contributed by atoms with van der Waals surface area (Å²) in [6.07, 6.45) is 6.89. The minimum atomic E-state index is -1.15. The van der Waals surface area contributed by atoms with E-state index in [2.05, 4.69) is 10.6 Å². The number of nitrogens with one attached hydrogen (secondary N) is 2. The number of hydrogen-bond donors (Lipinski definition) is 2. The number of amides is 4. The van der Waals surface area contributed by atoms with Crippen molar-refractivity contribution in [2.75, 3.05) is 6.54 Å². The number of halogens is 1. The summed E-state index contributed by atoms with van der Waals surface area (Å²) in [5.74, 6) is -0.679. The minimum absolute atomic E-state index is 0.132. The first-order chi connectivity index (χ1) is 13.0. The second-order valence-electron chi connectivity index (χ2n) is 7.34. The highest BCUT2D eigenvalue weighted by Gasteiger charge is 2.51. The summed E-state index contributed by atoms with van der Waals surface area (Å²) in [5.41, 5.74) is -0.482. The quantitative estimate of drug-likeness (QED) is 0.596. The molecule has 2 N–H and O–H groups in total. The van der Waals surface area contributed by atoms with Gasteiger partial charge in [-0.15, -0.1) is 0 Å². The number of nitrogens with zero attached hydrogens (tertiary/aromatic N) is 1. The van der Waals surface area contributed by atoms with E-state index in [-0.39, 0.29) is 18.5 Å². The molecule has 1 aromatic carbocycles. The highest BCUT2D eigenvalue weighted by Crippen LogP contribution is 2.33. The predicted octanol–water partition coefficient (Wildman–Crippen LogP) is 3.34. The summed E-state index contributed by atoms with van der Waals surface area (Å²) in [7, 11) is 0. The largest absolute Gasteiger partial charge is 0.352 e. The molecule has 2 aliphatic rings. The molecular formula is C20H26ClN3O3. The Labute approximate surface area is 164 Å². The fourth-order valence-electron chi connectivity index (χ4n) is 3.98. The van der Waals surface area contributed by atoms with Gasteiger partial charge in [-0.25, -0.2) is 4.79 Å². The Balaban J connectivity index is 1.71. The van der Waals surface area contributed by atoms with Crippen LogP contribution in [0.3, 0.4) is 0 Å². The van der Waals surface area contributed by atoms with Crippen LogP contribution >= 0.6 is 11.6 Å². The summed E-state index contributed by atoms with van der Waals surface area (Å²) in [6, 6.07) is 6.45. The summed E-state index contributed by atoms with van der Waals surface area (Å²) in [6.45, 7) is 1.58. The van der Waals surface area contributed by atoms with E-state index in [0.29, 0.717) is 17.0 Å². The van der Waals surface area contributed by atoms with Crippen LogP contribution in [0.2, 0.25) is 5.02 Å². The highest BCUT2D eigenvalue weighted by molar-refractivity contribution is 6.30. The van der Waals surface area contributed by atoms with E-state index >= 15 is 0 Å². The third kappa shape index (κ3) is 4.10. The molecule has 1 atom stereocenters. The topological polar surface area (TPSA) is 78.5 Å². The summed E-state index contributed by atoms with van der Waals surface area (Å²) < 4.78 is 0. The van der Waals surface area contributed by atoms with Gasteiger partial charge >= 0.3 is 6.03 Å². The van der Waals surface area contributed by atoms with Crippen LogP contribution < -0.4 is 10.6 Å². The Hall–Kier alpha value is -2.08. The summed E-state index contributed by atoms with van der Waals surface area (Å²) >= 11 is 5.94. The standard InChI is InChI=1S/C20H26ClN3O3/c1-2-20(14-9-11-15(21)12-10-14)18(26)24(19(27)23-20)13-17(25)22-16-7-5-3-4-6-8-16/h9-12,16H,2-8,13H2,1H3,(H,22,25)(H,23,27)/t20-/m1/s1. The van der Waals surface area contributed by atoms with Gasteiger partial charge in [0.25, 0.3) is 5.91 Å². The van der Waals surface area contributed by atoms with Crippen LogP contribution in [0.1, 0.15) is 57.4 Å². The molecule has 1 aromatic rings. The van der Waals surface area contributed by atoms with Gasteiger partial charge in [0.1, 0.15) is 12.1 Å². The van der Waals surface area contributed by atoms with E-state index in [1.165, 1.54) is 12.8 Å². The summed E-state index contributed by atoms with van der Waals surface area (Å²) in [4.78, 5) is 39.0. The van der Waals surface area contributed by atoms with Crippen molar-refractivity contribution < 1.29 is 14.4 Å². The van der Waals surface area contributed by atoms with Crippen LogP contribution in [-0.2, 0) is 15.1 Å². The second-order valence-corrected chi connectivity index (χ2v) is 7.78. The first-order valence-corrected chi connectivity index (χ1v) is 10.0. The Morgan fingerprint density at radius 3 is 2.41 bits per heavy atom. The Kier molecular flexibility index (Phi) is 6.05. The molecule has 146 valence electrons. The molecule has 2 fully saturated rings. The molecular weight excluding hydrogens is 366 g/mol. The first-order valence-electron chi connectivity index (χ1n) is 9.66. The zero-order valence-corrected chi connectivity index (χ0v) is 16.3. The molecule has 1 aliphatic heterocycles. The molecule has 1 saturated heterocycles. The Morgan fingerprint density at radius 1 is 1.19 bits per heavy atom. The SMILES string of the molecule is CC[C@]1(c2ccc(Cl)cc2)NC(=O)N(CC(=O)NC2CCCCCC2)C1=O. The van der Waals surface area contributed by atoms with E-state index < -0.39 is 17.5 Å². The number of carbonyl (C=O) groups is 3. The molecule has 1 saturated carbocycles. The van der Waals surface area contributed by atoms with Crippen molar-refractivity contribution in [2.24, 2.45) is 0 Å². The maximum Gasteiger partial charge on any atom is 0.325 e. The van der Waals surface area contributed by atoms with Crippen LogP contribution in [0.15, 0.2) is 24.3 Å². The Morgan fingerprint density at radius 2 is 1.81 bits per heavy atom. The van der Waals surface area contributed by atoms with Gasteiger partial charge in [0.05, 0.1) is 0 Å². The minimum Gasteiger partial charge on any atom is -0.352 e. The van der Waals surface area contributed by atoms with Gasteiger partial charge in [-0.1, -0.05) is 56.3 Å². The molecule has 6 nitrogen and oxygen atoms in total. The smallest absolute Gasteiger partial charge is 0.325 e. The highest BCUT2D eigenvalue weighted by atomic mass is 35.5. The van der Waals surface area contributed by atoms with E-state index in [1.54, 1.807) is 24.3 Å². The van der Waals surface area contributed by atoms with Crippen LogP contribution in [0.25, 0.3) is 0 Å². The van der Waals surface area contributed by atoms with Gasteiger partial charge in [0, 0.05) is 11.1 Å². The van der Waals surface area contributed by atoms with Crippen LogP contribution in [0.5, 0.6) is 0 Å². The van der Waals surface area contributed by atoms with E-state index in [1.807, 2.05) is 6.92 Å². The summed E-state index contributed by atoms with van der Waals surface area (Å²) in [5, 5.41) is 6.33. The molecule has 0 bridgehead atoms. The van der Waals surface area contributed by atoms with Crippen LogP contribution in [0, 0.1) is 0 Å².